The van der Waals surface area contributed by atoms with Crippen molar-refractivity contribution >= 4 is 35.2 Å². The van der Waals surface area contributed by atoms with Gasteiger partial charge in [-0.1, -0.05) is 43.5 Å². The predicted octanol–water partition coefficient (Wildman–Crippen LogP) is 3.97. The van der Waals surface area contributed by atoms with E-state index in [1.165, 1.54) is 48.8 Å². The van der Waals surface area contributed by atoms with Crippen LogP contribution < -0.4 is 15.0 Å². The summed E-state index contributed by atoms with van der Waals surface area (Å²) in [6.45, 7) is 0.847. The van der Waals surface area contributed by atoms with Crippen LogP contribution in [0.1, 0.15) is 42.5 Å². The van der Waals surface area contributed by atoms with Gasteiger partial charge in [-0.3, -0.25) is 14.4 Å². The van der Waals surface area contributed by atoms with Gasteiger partial charge in [0, 0.05) is 25.5 Å². The molecule has 0 saturated heterocycles. The molecule has 186 valence electrons. The number of benzene rings is 2. The number of hydrogen-bond donors (Lipinski definition) is 1. The summed E-state index contributed by atoms with van der Waals surface area (Å²) in [4.78, 5) is 42.7. The van der Waals surface area contributed by atoms with Gasteiger partial charge in [0.15, 0.2) is 6.10 Å². The Kier molecular flexibility index (Phi) is 8.33. The lowest BCUT2D eigenvalue weighted by Gasteiger charge is -2.35. The molecular weight excluding hydrogens is 462 g/mol. The number of para-hydroxylation sites is 2. The Bertz CT molecular complexity index is 1070. The van der Waals surface area contributed by atoms with Gasteiger partial charge in [0.05, 0.1) is 23.5 Å². The smallest absolute Gasteiger partial charge is 0.265 e. The van der Waals surface area contributed by atoms with Crippen molar-refractivity contribution in [2.75, 3.05) is 37.8 Å². The molecule has 1 aliphatic heterocycles. The number of thioether (sulfide) groups is 1. The molecule has 1 fully saturated rings. The summed E-state index contributed by atoms with van der Waals surface area (Å²) in [6, 6.07) is 14.6. The standard InChI is InChI=1S/C27H33N3O4S/c1-29(2)27(33)23-17-30(21-13-7-8-14-22(21)34-23)26(32)20-12-6-9-15-24(20)35-18-25(31)28-16-19-10-4-3-5-11-19/h6-9,12-15,19,23H,3-5,10-11,16-18H2,1-2H3,(H,28,31)/t23-/m0/s1. The van der Waals surface area contributed by atoms with E-state index < -0.39 is 6.10 Å². The molecule has 1 aliphatic carbocycles. The summed E-state index contributed by atoms with van der Waals surface area (Å²) < 4.78 is 5.91. The number of hydrogen-bond acceptors (Lipinski definition) is 5. The first kappa shape index (κ1) is 25.1. The SMILES string of the molecule is CN(C)C(=O)[C@@H]1CN(C(=O)c2ccccc2SCC(=O)NCC2CCCCC2)c2ccccc2O1. The number of nitrogens with one attached hydrogen (secondary N) is 1. The molecule has 8 heteroatoms. The molecule has 1 heterocycles. The van der Waals surface area contributed by atoms with Gasteiger partial charge in [0.2, 0.25) is 5.91 Å². The fourth-order valence-corrected chi connectivity index (χ4v) is 5.48. The fourth-order valence-electron chi connectivity index (χ4n) is 4.60. The van der Waals surface area contributed by atoms with Crippen LogP contribution in [0.2, 0.25) is 0 Å². The summed E-state index contributed by atoms with van der Waals surface area (Å²) in [5.41, 5.74) is 1.13. The van der Waals surface area contributed by atoms with Gasteiger partial charge in [-0.2, -0.15) is 0 Å². The first-order valence-corrected chi connectivity index (χ1v) is 13.2. The van der Waals surface area contributed by atoms with Crippen molar-refractivity contribution in [2.45, 2.75) is 43.1 Å². The zero-order valence-electron chi connectivity index (χ0n) is 20.4. The van der Waals surface area contributed by atoms with Crippen LogP contribution in [0.4, 0.5) is 5.69 Å². The van der Waals surface area contributed by atoms with Crippen LogP contribution in [0.5, 0.6) is 5.75 Å². The molecular formula is C27H33N3O4S. The number of amides is 3. The number of ether oxygens (including phenoxy) is 1. The molecule has 0 spiro atoms. The minimum absolute atomic E-state index is 0.0174. The molecule has 2 aromatic rings. The zero-order chi connectivity index (χ0) is 24.8. The largest absolute Gasteiger partial charge is 0.476 e. The highest BCUT2D eigenvalue weighted by atomic mass is 32.2. The van der Waals surface area contributed by atoms with Crippen molar-refractivity contribution in [2.24, 2.45) is 5.92 Å². The van der Waals surface area contributed by atoms with Gasteiger partial charge in [0.25, 0.3) is 11.8 Å². The van der Waals surface area contributed by atoms with Crippen molar-refractivity contribution in [3.05, 3.63) is 54.1 Å². The first-order valence-electron chi connectivity index (χ1n) is 12.2. The van der Waals surface area contributed by atoms with Crippen LogP contribution >= 0.6 is 11.8 Å². The topological polar surface area (TPSA) is 79.0 Å². The normalized spacial score (nSPS) is 17.8. The summed E-state index contributed by atoms with van der Waals surface area (Å²) in [5, 5.41) is 3.06. The Hall–Kier alpha value is -3.00. The third kappa shape index (κ3) is 6.17. The molecule has 2 aromatic carbocycles. The van der Waals surface area contributed by atoms with Crippen LogP contribution in [0, 0.1) is 5.92 Å². The second-order valence-corrected chi connectivity index (χ2v) is 10.3. The molecule has 1 N–H and O–H groups in total. The molecule has 1 saturated carbocycles. The molecule has 0 unspecified atom stereocenters. The van der Waals surface area contributed by atoms with Gasteiger partial charge in [0.1, 0.15) is 5.75 Å². The molecule has 0 bridgehead atoms. The lowest BCUT2D eigenvalue weighted by Crippen LogP contribution is -2.50. The molecule has 35 heavy (non-hydrogen) atoms. The molecule has 4 rings (SSSR count). The molecule has 7 nitrogen and oxygen atoms in total. The monoisotopic (exact) mass is 495 g/mol. The number of anilines is 1. The summed E-state index contributed by atoms with van der Waals surface area (Å²) in [5.74, 6) is 0.887. The maximum absolute atomic E-state index is 13.7. The second-order valence-electron chi connectivity index (χ2n) is 9.32. The predicted molar refractivity (Wildman–Crippen MR) is 138 cm³/mol. The fraction of sp³-hybridized carbons (Fsp3) is 0.444. The van der Waals surface area contributed by atoms with Gasteiger partial charge >= 0.3 is 0 Å². The molecule has 1 atom stereocenters. The first-order chi connectivity index (χ1) is 16.9. The number of carbonyl (C=O) groups is 3. The maximum atomic E-state index is 13.7. The Labute approximate surface area is 211 Å². The van der Waals surface area contributed by atoms with Crippen LogP contribution in [-0.2, 0) is 9.59 Å². The van der Waals surface area contributed by atoms with E-state index in [4.69, 9.17) is 4.74 Å². The Morgan fingerprint density at radius 2 is 1.74 bits per heavy atom. The van der Waals surface area contributed by atoms with E-state index >= 15 is 0 Å². The maximum Gasteiger partial charge on any atom is 0.265 e. The Morgan fingerprint density at radius 1 is 1.03 bits per heavy atom. The lowest BCUT2D eigenvalue weighted by molar-refractivity contribution is -0.135. The van der Waals surface area contributed by atoms with Gasteiger partial charge in [-0.15, -0.1) is 11.8 Å². The summed E-state index contributed by atoms with van der Waals surface area (Å²) >= 11 is 1.36. The highest BCUT2D eigenvalue weighted by Gasteiger charge is 2.35. The van der Waals surface area contributed by atoms with Crippen molar-refractivity contribution in [1.82, 2.24) is 10.2 Å². The van der Waals surface area contributed by atoms with Gasteiger partial charge < -0.3 is 19.9 Å². The molecule has 3 amide bonds. The quantitative estimate of drug-likeness (QED) is 0.588. The third-order valence-corrected chi connectivity index (χ3v) is 7.60. The Morgan fingerprint density at radius 3 is 2.51 bits per heavy atom. The average Bonchev–Trinajstić information content (AvgIpc) is 2.90. The average molecular weight is 496 g/mol. The van der Waals surface area contributed by atoms with E-state index in [9.17, 15) is 14.4 Å². The molecule has 2 aliphatic rings. The zero-order valence-corrected chi connectivity index (χ0v) is 21.2. The number of likely N-dealkylation sites (N-methyl/N-ethyl adjacent to an activating group) is 1. The lowest BCUT2D eigenvalue weighted by atomic mass is 9.89. The van der Waals surface area contributed by atoms with E-state index in [0.717, 1.165) is 11.4 Å². The van der Waals surface area contributed by atoms with Crippen molar-refractivity contribution < 1.29 is 19.1 Å². The van der Waals surface area contributed by atoms with E-state index in [1.807, 2.05) is 36.4 Å². The van der Waals surface area contributed by atoms with Gasteiger partial charge in [-0.05, 0) is 43.0 Å². The van der Waals surface area contributed by atoms with E-state index in [0.29, 0.717) is 22.9 Å². The van der Waals surface area contributed by atoms with E-state index in [-0.39, 0.29) is 30.0 Å². The highest BCUT2D eigenvalue weighted by Crippen LogP contribution is 2.35. The number of fused-ring (bicyclic) bond motifs is 1. The minimum Gasteiger partial charge on any atom is -0.476 e. The number of rotatable bonds is 7. The molecule has 0 radical (unpaired) electrons. The van der Waals surface area contributed by atoms with Crippen LogP contribution in [0.15, 0.2) is 53.4 Å². The van der Waals surface area contributed by atoms with Crippen molar-refractivity contribution in [3.63, 3.8) is 0 Å². The van der Waals surface area contributed by atoms with Crippen LogP contribution in [0.25, 0.3) is 0 Å². The highest BCUT2D eigenvalue weighted by molar-refractivity contribution is 8.00. The van der Waals surface area contributed by atoms with Gasteiger partial charge in [-0.25, -0.2) is 0 Å². The van der Waals surface area contributed by atoms with Crippen LogP contribution in [0.3, 0.4) is 0 Å². The third-order valence-electron chi connectivity index (χ3n) is 6.52. The number of carbonyl (C=O) groups excluding carboxylic acids is 3. The van der Waals surface area contributed by atoms with E-state index in [1.54, 1.807) is 31.1 Å². The second kappa shape index (κ2) is 11.6. The Balaban J connectivity index is 1.46. The van der Waals surface area contributed by atoms with E-state index in [2.05, 4.69) is 5.32 Å². The minimum atomic E-state index is -0.783. The van der Waals surface area contributed by atoms with Crippen molar-refractivity contribution in [3.8, 4) is 5.75 Å². The summed E-state index contributed by atoms with van der Waals surface area (Å²) in [7, 11) is 3.34. The molecule has 0 aromatic heterocycles. The number of nitrogens with zero attached hydrogens (tertiary/aromatic N) is 2. The van der Waals surface area contributed by atoms with Crippen LogP contribution in [-0.4, -0.2) is 61.7 Å². The summed E-state index contributed by atoms with van der Waals surface area (Å²) in [6.07, 6.45) is 5.37. The van der Waals surface area contributed by atoms with Crippen molar-refractivity contribution in [1.29, 1.82) is 0 Å².